The monoisotopic (exact) mass is 433 g/mol. The number of para-hydroxylation sites is 4. The molecule has 162 valence electrons. The van der Waals surface area contributed by atoms with E-state index in [1.807, 2.05) is 18.2 Å². The summed E-state index contributed by atoms with van der Waals surface area (Å²) in [4.78, 5) is 27.5. The average molecular weight is 433 g/mol. The van der Waals surface area contributed by atoms with E-state index in [9.17, 15) is 14.0 Å². The first-order valence-corrected chi connectivity index (χ1v) is 9.95. The van der Waals surface area contributed by atoms with Crippen LogP contribution in [0.2, 0.25) is 0 Å². The number of aromatic nitrogens is 4. The van der Waals surface area contributed by atoms with Gasteiger partial charge in [0.25, 0.3) is 0 Å². The second kappa shape index (κ2) is 8.84. The molecular formula is C23H20FN5O3. The molecule has 4 rings (SSSR count). The van der Waals surface area contributed by atoms with Gasteiger partial charge in [-0.2, -0.15) is 4.68 Å². The molecular weight excluding hydrogens is 413 g/mol. The maximum absolute atomic E-state index is 14.3. The van der Waals surface area contributed by atoms with Crippen LogP contribution in [0.3, 0.4) is 0 Å². The van der Waals surface area contributed by atoms with Crippen LogP contribution in [0, 0.1) is 12.7 Å². The second-order valence-electron chi connectivity index (χ2n) is 6.90. The molecule has 0 atom stereocenters. The Kier molecular flexibility index (Phi) is 5.80. The first-order valence-electron chi connectivity index (χ1n) is 9.95. The number of carbonyl (C=O) groups excluding carboxylic acids is 1. The quantitative estimate of drug-likeness (QED) is 0.442. The normalized spacial score (nSPS) is 10.7. The smallest absolute Gasteiger partial charge is 0.377 e. The highest BCUT2D eigenvalue weighted by atomic mass is 19.1. The highest BCUT2D eigenvalue weighted by Gasteiger charge is 2.25. The van der Waals surface area contributed by atoms with Gasteiger partial charge >= 0.3 is 11.7 Å². The maximum atomic E-state index is 14.3. The molecule has 0 N–H and O–H groups in total. The van der Waals surface area contributed by atoms with Crippen LogP contribution >= 0.6 is 0 Å². The van der Waals surface area contributed by atoms with E-state index in [1.54, 1.807) is 56.3 Å². The number of carbonyl (C=O) groups is 1. The number of anilines is 1. The lowest BCUT2D eigenvalue weighted by atomic mass is 10.2. The molecule has 0 aliphatic carbocycles. The number of aryl methyl sites for hydroxylation is 1. The summed E-state index contributed by atoms with van der Waals surface area (Å²) in [6, 6.07) is 19.7. The Balaban J connectivity index is 1.71. The van der Waals surface area contributed by atoms with Crippen molar-refractivity contribution >= 4 is 11.7 Å². The molecule has 0 spiro atoms. The van der Waals surface area contributed by atoms with Gasteiger partial charge < -0.3 is 4.74 Å². The Morgan fingerprint density at radius 3 is 2.44 bits per heavy atom. The van der Waals surface area contributed by atoms with E-state index >= 15 is 0 Å². The van der Waals surface area contributed by atoms with Crippen LogP contribution in [0.5, 0.6) is 11.5 Å². The van der Waals surface area contributed by atoms with Crippen molar-refractivity contribution in [2.75, 3.05) is 11.4 Å². The zero-order chi connectivity index (χ0) is 22.7. The summed E-state index contributed by atoms with van der Waals surface area (Å²) in [7, 11) is 0. The third-order valence-electron chi connectivity index (χ3n) is 4.84. The van der Waals surface area contributed by atoms with Crippen molar-refractivity contribution in [3.8, 4) is 17.2 Å². The SMILES string of the molecule is CCN(C(=O)n1nnn(-c2c(C)cccc2F)c1=O)c1ccccc1Oc1ccccc1. The van der Waals surface area contributed by atoms with Crippen molar-refractivity contribution < 1.29 is 13.9 Å². The van der Waals surface area contributed by atoms with Crippen molar-refractivity contribution in [1.29, 1.82) is 0 Å². The minimum Gasteiger partial charge on any atom is -0.455 e. The summed E-state index contributed by atoms with van der Waals surface area (Å²) in [5.74, 6) is 0.390. The molecule has 0 aliphatic heterocycles. The number of halogens is 1. The molecule has 1 amide bonds. The predicted octanol–water partition coefficient (Wildman–Crippen LogP) is 4.16. The molecule has 8 nitrogen and oxygen atoms in total. The van der Waals surface area contributed by atoms with Crippen molar-refractivity contribution in [2.45, 2.75) is 13.8 Å². The van der Waals surface area contributed by atoms with Crippen LogP contribution in [0.15, 0.2) is 77.6 Å². The van der Waals surface area contributed by atoms with Crippen LogP contribution < -0.4 is 15.3 Å². The second-order valence-corrected chi connectivity index (χ2v) is 6.90. The number of amides is 1. The van der Waals surface area contributed by atoms with Crippen LogP contribution in [-0.4, -0.2) is 32.4 Å². The third-order valence-corrected chi connectivity index (χ3v) is 4.84. The first kappa shape index (κ1) is 21.0. The Bertz CT molecular complexity index is 1300. The van der Waals surface area contributed by atoms with Gasteiger partial charge in [-0.05, 0) is 60.2 Å². The molecule has 4 aromatic rings. The third kappa shape index (κ3) is 3.87. The maximum Gasteiger partial charge on any atom is 0.377 e. The number of hydrogen-bond donors (Lipinski definition) is 0. The molecule has 1 aromatic heterocycles. The highest BCUT2D eigenvalue weighted by Crippen LogP contribution is 2.32. The minimum absolute atomic E-state index is 0.0487. The lowest BCUT2D eigenvalue weighted by molar-refractivity contribution is 0.244. The molecule has 32 heavy (non-hydrogen) atoms. The fraction of sp³-hybridized carbons (Fsp3) is 0.130. The van der Waals surface area contributed by atoms with Crippen LogP contribution in [0.4, 0.5) is 14.9 Å². The molecule has 0 radical (unpaired) electrons. The summed E-state index contributed by atoms with van der Waals surface area (Å²) < 4.78 is 21.7. The Labute approximate surface area is 183 Å². The Morgan fingerprint density at radius 2 is 1.72 bits per heavy atom. The van der Waals surface area contributed by atoms with Gasteiger partial charge in [0.15, 0.2) is 5.75 Å². The summed E-state index contributed by atoms with van der Waals surface area (Å²) in [5.41, 5.74) is 0.0171. The summed E-state index contributed by atoms with van der Waals surface area (Å²) in [6.07, 6.45) is 0. The van der Waals surface area contributed by atoms with Gasteiger partial charge in [-0.3, -0.25) is 4.90 Å². The van der Waals surface area contributed by atoms with E-state index in [0.29, 0.717) is 27.4 Å². The number of ether oxygens (including phenoxy) is 1. The minimum atomic E-state index is -0.872. The number of nitrogens with zero attached hydrogens (tertiary/aromatic N) is 5. The van der Waals surface area contributed by atoms with E-state index in [2.05, 4.69) is 10.4 Å². The number of benzene rings is 3. The van der Waals surface area contributed by atoms with Crippen LogP contribution in [0.1, 0.15) is 12.5 Å². The van der Waals surface area contributed by atoms with Crippen molar-refractivity contribution in [2.24, 2.45) is 0 Å². The first-order chi connectivity index (χ1) is 15.5. The largest absolute Gasteiger partial charge is 0.455 e. The highest BCUT2D eigenvalue weighted by molar-refractivity contribution is 5.94. The molecule has 0 fully saturated rings. The van der Waals surface area contributed by atoms with Crippen LogP contribution in [-0.2, 0) is 0 Å². The number of tetrazole rings is 1. The Hall–Kier alpha value is -4.27. The molecule has 9 heteroatoms. The number of hydrogen-bond acceptors (Lipinski definition) is 5. The summed E-state index contributed by atoms with van der Waals surface area (Å²) >= 11 is 0. The van der Waals surface area contributed by atoms with E-state index in [0.717, 1.165) is 4.68 Å². The van der Waals surface area contributed by atoms with Crippen molar-refractivity contribution in [3.63, 3.8) is 0 Å². The van der Waals surface area contributed by atoms with Gasteiger partial charge in [0, 0.05) is 6.54 Å². The zero-order valence-electron chi connectivity index (χ0n) is 17.5. The number of rotatable bonds is 5. The van der Waals surface area contributed by atoms with E-state index in [4.69, 9.17) is 4.74 Å². The average Bonchev–Trinajstić information content (AvgIpc) is 3.17. The van der Waals surface area contributed by atoms with E-state index in [1.165, 1.54) is 17.0 Å². The van der Waals surface area contributed by atoms with Gasteiger partial charge in [0.2, 0.25) is 0 Å². The van der Waals surface area contributed by atoms with Gasteiger partial charge in [-0.15, -0.1) is 4.68 Å². The lowest BCUT2D eigenvalue weighted by Crippen LogP contribution is -2.41. The van der Waals surface area contributed by atoms with E-state index in [-0.39, 0.29) is 12.2 Å². The predicted molar refractivity (Wildman–Crippen MR) is 117 cm³/mol. The Morgan fingerprint density at radius 1 is 1.00 bits per heavy atom. The standard InChI is InChI=1S/C23H20FN5O3/c1-3-27(19-14-7-8-15-20(19)32-17-11-5-4-6-12-17)22(30)29-23(31)28(25-26-29)21-16(2)10-9-13-18(21)24/h4-15H,3H2,1-2H3. The summed E-state index contributed by atoms with van der Waals surface area (Å²) in [5, 5.41) is 7.43. The van der Waals surface area contributed by atoms with Gasteiger partial charge in [0.1, 0.15) is 17.3 Å². The molecule has 3 aromatic carbocycles. The van der Waals surface area contributed by atoms with Gasteiger partial charge in [-0.25, -0.2) is 14.0 Å². The molecule has 0 bridgehead atoms. The van der Waals surface area contributed by atoms with Gasteiger partial charge in [-0.1, -0.05) is 42.5 Å². The molecule has 0 unspecified atom stereocenters. The fourth-order valence-corrected chi connectivity index (χ4v) is 3.30. The van der Waals surface area contributed by atoms with E-state index < -0.39 is 17.5 Å². The zero-order valence-corrected chi connectivity index (χ0v) is 17.5. The fourth-order valence-electron chi connectivity index (χ4n) is 3.30. The molecule has 0 saturated heterocycles. The van der Waals surface area contributed by atoms with Crippen LogP contribution in [0.25, 0.3) is 5.69 Å². The summed E-state index contributed by atoms with van der Waals surface area (Å²) in [6.45, 7) is 3.63. The van der Waals surface area contributed by atoms with Crippen molar-refractivity contribution in [3.05, 3.63) is 94.7 Å². The molecule has 0 saturated carbocycles. The van der Waals surface area contributed by atoms with Gasteiger partial charge in [0.05, 0.1) is 5.69 Å². The molecule has 0 aliphatic rings. The molecule has 1 heterocycles. The van der Waals surface area contributed by atoms with Crippen molar-refractivity contribution in [1.82, 2.24) is 19.8 Å². The topological polar surface area (TPSA) is 82.3 Å². The lowest BCUT2D eigenvalue weighted by Gasteiger charge is -2.22.